The fourth-order valence-electron chi connectivity index (χ4n) is 3.09. The molecular formula is C20H33N. The third-order valence-corrected chi connectivity index (χ3v) is 4.55. The monoisotopic (exact) mass is 287 g/mol. The molecule has 1 saturated heterocycles. The minimum absolute atomic E-state index is 0.562. The molecule has 0 bridgehead atoms. The van der Waals surface area contributed by atoms with Crippen LogP contribution < -0.4 is 0 Å². The predicted octanol–water partition coefficient (Wildman–Crippen LogP) is 5.67. The molecule has 1 aliphatic heterocycles. The lowest BCUT2D eigenvalue weighted by Gasteiger charge is -2.27. The lowest BCUT2D eigenvalue weighted by molar-refractivity contribution is 0.274. The zero-order chi connectivity index (χ0) is 15.8. The molecule has 0 aromatic heterocycles. The molecule has 1 nitrogen and oxygen atoms in total. The van der Waals surface area contributed by atoms with E-state index in [-0.39, 0.29) is 0 Å². The third-order valence-electron chi connectivity index (χ3n) is 4.55. The number of likely N-dealkylation sites (tertiary alicyclic amines) is 1. The predicted molar refractivity (Wildman–Crippen MR) is 95.6 cm³/mol. The molecule has 0 amide bonds. The normalized spacial score (nSPS) is 23.1. The van der Waals surface area contributed by atoms with Crippen molar-refractivity contribution in [1.29, 1.82) is 0 Å². The Hall–Kier alpha value is -1.08. The summed E-state index contributed by atoms with van der Waals surface area (Å²) < 4.78 is 0. The van der Waals surface area contributed by atoms with E-state index in [1.807, 2.05) is 0 Å². The Bertz CT molecular complexity index is 425. The van der Waals surface area contributed by atoms with E-state index in [0.717, 1.165) is 19.4 Å². The van der Waals surface area contributed by atoms with Crippen LogP contribution in [0.15, 0.2) is 47.6 Å². The first-order valence-electron chi connectivity index (χ1n) is 8.41. The van der Waals surface area contributed by atoms with Gasteiger partial charge in [0.15, 0.2) is 0 Å². The van der Waals surface area contributed by atoms with E-state index in [2.05, 4.69) is 58.0 Å². The van der Waals surface area contributed by atoms with Crippen molar-refractivity contribution in [2.75, 3.05) is 13.6 Å². The minimum Gasteiger partial charge on any atom is -0.299 e. The quantitative estimate of drug-likeness (QED) is 0.449. The molecule has 1 heteroatoms. The van der Waals surface area contributed by atoms with Gasteiger partial charge in [-0.2, -0.15) is 0 Å². The van der Waals surface area contributed by atoms with E-state index in [1.54, 1.807) is 5.57 Å². The van der Waals surface area contributed by atoms with Crippen LogP contribution in [0.5, 0.6) is 0 Å². The van der Waals surface area contributed by atoms with Crippen molar-refractivity contribution >= 4 is 0 Å². The first-order chi connectivity index (χ1) is 9.99. The molecule has 0 spiro atoms. The van der Waals surface area contributed by atoms with Crippen LogP contribution in [0.1, 0.15) is 59.3 Å². The van der Waals surface area contributed by atoms with Gasteiger partial charge >= 0.3 is 0 Å². The van der Waals surface area contributed by atoms with Crippen LogP contribution in [0.25, 0.3) is 0 Å². The van der Waals surface area contributed by atoms with Crippen LogP contribution in [0, 0.1) is 0 Å². The molecule has 0 N–H and O–H groups in total. The van der Waals surface area contributed by atoms with Crippen LogP contribution in [0.2, 0.25) is 0 Å². The zero-order valence-corrected chi connectivity index (χ0v) is 14.5. The van der Waals surface area contributed by atoms with E-state index in [4.69, 9.17) is 0 Å². The molecule has 1 atom stereocenters. The van der Waals surface area contributed by atoms with E-state index in [1.165, 1.54) is 42.4 Å². The van der Waals surface area contributed by atoms with Gasteiger partial charge in [-0.1, -0.05) is 62.3 Å². The zero-order valence-electron chi connectivity index (χ0n) is 14.5. The minimum atomic E-state index is 0.562. The highest BCUT2D eigenvalue weighted by Crippen LogP contribution is 2.26. The van der Waals surface area contributed by atoms with Crippen LogP contribution >= 0.6 is 0 Å². The number of hydrogen-bond donors (Lipinski definition) is 0. The molecule has 0 aromatic carbocycles. The van der Waals surface area contributed by atoms with Crippen molar-refractivity contribution in [3.63, 3.8) is 0 Å². The molecule has 1 rings (SSSR count). The van der Waals surface area contributed by atoms with E-state index in [9.17, 15) is 0 Å². The molecule has 0 aromatic rings. The molecular weight excluding hydrogens is 254 g/mol. The summed E-state index contributed by atoms with van der Waals surface area (Å²) in [6, 6.07) is 0.562. The number of rotatable bonds is 6. The van der Waals surface area contributed by atoms with Crippen LogP contribution in [-0.2, 0) is 0 Å². The summed E-state index contributed by atoms with van der Waals surface area (Å²) in [5.74, 6) is 0. The molecule has 1 aliphatic rings. The van der Waals surface area contributed by atoms with Gasteiger partial charge in [-0.25, -0.2) is 0 Å². The maximum Gasteiger partial charge on any atom is 0.0305 e. The largest absolute Gasteiger partial charge is 0.299 e. The first-order valence-corrected chi connectivity index (χ1v) is 8.41. The fraction of sp³-hybridized carbons (Fsp3) is 0.600. The van der Waals surface area contributed by atoms with Gasteiger partial charge in [0, 0.05) is 12.6 Å². The second kappa shape index (κ2) is 9.04. The van der Waals surface area contributed by atoms with Gasteiger partial charge in [0.1, 0.15) is 0 Å². The molecule has 0 saturated carbocycles. The van der Waals surface area contributed by atoms with E-state index in [0.29, 0.717) is 6.04 Å². The smallest absolute Gasteiger partial charge is 0.0305 e. The van der Waals surface area contributed by atoms with Gasteiger partial charge in [0.25, 0.3) is 0 Å². The van der Waals surface area contributed by atoms with Crippen LogP contribution in [0.3, 0.4) is 0 Å². The molecule has 1 unspecified atom stereocenters. The van der Waals surface area contributed by atoms with Crippen molar-refractivity contribution < 1.29 is 0 Å². The highest BCUT2D eigenvalue weighted by atomic mass is 15.1. The summed E-state index contributed by atoms with van der Waals surface area (Å²) in [6.07, 6.45) is 11.6. The van der Waals surface area contributed by atoms with Crippen molar-refractivity contribution in [3.8, 4) is 0 Å². The first kappa shape index (κ1) is 18.0. The lowest BCUT2D eigenvalue weighted by Crippen LogP contribution is -2.32. The lowest BCUT2D eigenvalue weighted by atomic mass is 9.97. The summed E-state index contributed by atoms with van der Waals surface area (Å²) in [4.78, 5) is 2.49. The number of hydrogen-bond acceptors (Lipinski definition) is 1. The second-order valence-electron chi connectivity index (χ2n) is 6.34. The van der Waals surface area contributed by atoms with Gasteiger partial charge < -0.3 is 0 Å². The highest BCUT2D eigenvalue weighted by molar-refractivity contribution is 5.31. The highest BCUT2D eigenvalue weighted by Gasteiger charge is 2.21. The number of likely N-dealkylation sites (N-methyl/N-ethyl adjacent to an activating group) is 1. The summed E-state index contributed by atoms with van der Waals surface area (Å²) >= 11 is 0. The van der Waals surface area contributed by atoms with Crippen molar-refractivity contribution in [1.82, 2.24) is 4.90 Å². The standard InChI is InChI=1S/C20H33N/c1-7-9-17(5)20-13-11-18(14-15-21(20)6)10-12-19(8-2)16(3)4/h10,12,20H,3,5,7-9,11,13-15H2,1-2,4,6H3/b18-10+,19-12-. The topological polar surface area (TPSA) is 3.24 Å². The van der Waals surface area contributed by atoms with Gasteiger partial charge in [-0.15, -0.1) is 0 Å². The molecule has 21 heavy (non-hydrogen) atoms. The third kappa shape index (κ3) is 5.67. The molecule has 0 aliphatic carbocycles. The van der Waals surface area contributed by atoms with Crippen molar-refractivity contribution in [2.45, 2.75) is 65.3 Å². The average Bonchev–Trinajstić information content (AvgIpc) is 2.62. The van der Waals surface area contributed by atoms with Gasteiger partial charge in [0.2, 0.25) is 0 Å². The Morgan fingerprint density at radius 2 is 2.00 bits per heavy atom. The Labute approximate surface area is 132 Å². The van der Waals surface area contributed by atoms with Crippen molar-refractivity contribution in [2.24, 2.45) is 0 Å². The maximum absolute atomic E-state index is 4.31. The Balaban J connectivity index is 2.75. The summed E-state index contributed by atoms with van der Waals surface area (Å²) in [5, 5.41) is 0. The van der Waals surface area contributed by atoms with Gasteiger partial charge in [-0.05, 0) is 51.6 Å². The van der Waals surface area contributed by atoms with E-state index >= 15 is 0 Å². The maximum atomic E-state index is 4.31. The Morgan fingerprint density at radius 1 is 1.29 bits per heavy atom. The SMILES string of the molecule is C=C(C)/C(=C\C=C1/CCC(C(=C)CCC)N(C)CC1)CC. The Kier molecular flexibility index (Phi) is 7.74. The summed E-state index contributed by atoms with van der Waals surface area (Å²) in [7, 11) is 2.25. The molecule has 0 radical (unpaired) electrons. The number of allylic oxidation sites excluding steroid dienone is 4. The average molecular weight is 287 g/mol. The second-order valence-corrected chi connectivity index (χ2v) is 6.34. The van der Waals surface area contributed by atoms with Crippen molar-refractivity contribution in [3.05, 3.63) is 47.6 Å². The van der Waals surface area contributed by atoms with Gasteiger partial charge in [-0.3, -0.25) is 4.90 Å². The van der Waals surface area contributed by atoms with Crippen LogP contribution in [0.4, 0.5) is 0 Å². The molecule has 118 valence electrons. The summed E-state index contributed by atoms with van der Waals surface area (Å²) in [5.41, 5.74) is 5.54. The van der Waals surface area contributed by atoms with Gasteiger partial charge in [0.05, 0.1) is 0 Å². The molecule has 1 fully saturated rings. The van der Waals surface area contributed by atoms with E-state index < -0.39 is 0 Å². The fourth-order valence-corrected chi connectivity index (χ4v) is 3.09. The molecule has 1 heterocycles. The summed E-state index contributed by atoms with van der Waals surface area (Å²) in [6.45, 7) is 16.0. The van der Waals surface area contributed by atoms with Crippen LogP contribution in [-0.4, -0.2) is 24.5 Å². The Morgan fingerprint density at radius 3 is 2.57 bits per heavy atom. The number of nitrogens with zero attached hydrogens (tertiary/aromatic N) is 1.